The van der Waals surface area contributed by atoms with Crippen LogP contribution in [0.1, 0.15) is 38.4 Å². The molecule has 1 aromatic heterocycles. The first-order valence-electron chi connectivity index (χ1n) is 8.48. The lowest BCUT2D eigenvalue weighted by Crippen LogP contribution is -2.24. The molecule has 4 nitrogen and oxygen atoms in total. The van der Waals surface area contributed by atoms with E-state index in [9.17, 15) is 5.11 Å². The molecule has 1 aliphatic heterocycles. The Bertz CT molecular complexity index is 639. The van der Waals surface area contributed by atoms with E-state index in [0.717, 1.165) is 43.9 Å². The minimum Gasteiger partial charge on any atom is -0.392 e. The van der Waals surface area contributed by atoms with Gasteiger partial charge >= 0.3 is 0 Å². The van der Waals surface area contributed by atoms with Crippen molar-refractivity contribution < 1.29 is 5.11 Å². The van der Waals surface area contributed by atoms with Crippen LogP contribution in [0.2, 0.25) is 0 Å². The van der Waals surface area contributed by atoms with Crippen LogP contribution in [0.3, 0.4) is 0 Å². The second-order valence-electron chi connectivity index (χ2n) is 7.56. The van der Waals surface area contributed by atoms with E-state index in [1.54, 1.807) is 0 Å². The third kappa shape index (κ3) is 4.01. The minimum absolute atomic E-state index is 0.0749. The number of hydrogen-bond donors (Lipinski definition) is 1. The molecular formula is C19H27N3O. The van der Waals surface area contributed by atoms with E-state index in [1.807, 2.05) is 10.9 Å². The molecule has 1 fully saturated rings. The number of rotatable bonds is 4. The molecule has 3 rings (SSSR count). The molecule has 2 heterocycles. The van der Waals surface area contributed by atoms with Crippen molar-refractivity contribution in [1.82, 2.24) is 14.7 Å². The molecule has 1 atom stereocenters. The zero-order valence-electron chi connectivity index (χ0n) is 14.4. The Labute approximate surface area is 138 Å². The predicted octanol–water partition coefficient (Wildman–Crippen LogP) is 2.78. The van der Waals surface area contributed by atoms with Gasteiger partial charge in [0.1, 0.15) is 0 Å². The summed E-state index contributed by atoms with van der Waals surface area (Å²) in [6.07, 6.45) is 3.84. The lowest BCUT2D eigenvalue weighted by molar-refractivity contribution is 0.177. The summed E-state index contributed by atoms with van der Waals surface area (Å²) in [6.45, 7) is 9.39. The zero-order chi connectivity index (χ0) is 16.4. The molecule has 1 aliphatic rings. The fraction of sp³-hybridized carbons (Fsp3) is 0.526. The predicted molar refractivity (Wildman–Crippen MR) is 93.0 cm³/mol. The highest BCUT2D eigenvalue weighted by Crippen LogP contribution is 2.21. The monoisotopic (exact) mass is 313 g/mol. The lowest BCUT2D eigenvalue weighted by Gasteiger charge is -2.15. The van der Waals surface area contributed by atoms with Gasteiger partial charge in [-0.15, -0.1) is 0 Å². The Morgan fingerprint density at radius 1 is 1.17 bits per heavy atom. The van der Waals surface area contributed by atoms with E-state index >= 15 is 0 Å². The Morgan fingerprint density at radius 3 is 2.48 bits per heavy atom. The summed E-state index contributed by atoms with van der Waals surface area (Å²) in [6, 6.07) is 10.7. The number of benzene rings is 1. The summed E-state index contributed by atoms with van der Waals surface area (Å²) in [5.41, 5.74) is 3.61. The average Bonchev–Trinajstić information content (AvgIpc) is 3.14. The van der Waals surface area contributed by atoms with Gasteiger partial charge in [-0.3, -0.25) is 0 Å². The van der Waals surface area contributed by atoms with E-state index in [1.165, 1.54) is 5.56 Å². The molecule has 0 bridgehead atoms. The molecule has 1 aromatic carbocycles. The number of β-amino-alcohol motifs (C(OH)–C–C–N with tert-alkyl or cyclic N) is 1. The molecule has 0 aliphatic carbocycles. The first-order chi connectivity index (χ1) is 10.9. The molecular weight excluding hydrogens is 286 g/mol. The quantitative estimate of drug-likeness (QED) is 0.943. The number of likely N-dealkylation sites (tertiary alicyclic amines) is 1. The topological polar surface area (TPSA) is 41.3 Å². The molecule has 0 spiro atoms. The first kappa shape index (κ1) is 16.2. The summed E-state index contributed by atoms with van der Waals surface area (Å²) in [5, 5.41) is 14.2. The zero-order valence-corrected chi connectivity index (χ0v) is 14.4. The van der Waals surface area contributed by atoms with Gasteiger partial charge in [0.15, 0.2) is 0 Å². The third-order valence-electron chi connectivity index (χ3n) is 4.52. The SMILES string of the molecule is CC(C)(C)c1ccn(-c2ccc(CCN3CC[C@@H](O)C3)cc2)n1. The Hall–Kier alpha value is -1.65. The van der Waals surface area contributed by atoms with Gasteiger partial charge in [0.25, 0.3) is 0 Å². The molecule has 0 amide bonds. The maximum Gasteiger partial charge on any atom is 0.0682 e. The Morgan fingerprint density at radius 2 is 1.91 bits per heavy atom. The van der Waals surface area contributed by atoms with Crippen molar-refractivity contribution in [2.24, 2.45) is 0 Å². The molecule has 0 radical (unpaired) electrons. The largest absolute Gasteiger partial charge is 0.392 e. The number of aliphatic hydroxyl groups excluding tert-OH is 1. The van der Waals surface area contributed by atoms with Crippen molar-refractivity contribution in [2.75, 3.05) is 19.6 Å². The highest BCUT2D eigenvalue weighted by molar-refractivity contribution is 5.34. The first-order valence-corrected chi connectivity index (χ1v) is 8.48. The van der Waals surface area contributed by atoms with Gasteiger partial charge in [-0.2, -0.15) is 5.10 Å². The van der Waals surface area contributed by atoms with Crippen molar-refractivity contribution in [3.8, 4) is 5.69 Å². The molecule has 124 valence electrons. The van der Waals surface area contributed by atoms with Gasteiger partial charge in [0.05, 0.1) is 17.5 Å². The third-order valence-corrected chi connectivity index (χ3v) is 4.52. The standard InChI is InChI=1S/C19H27N3O/c1-19(2,3)18-10-13-22(20-18)16-6-4-15(5-7-16)8-11-21-12-9-17(23)14-21/h4-7,10,13,17,23H,8-9,11-12,14H2,1-3H3/t17-/m1/s1. The van der Waals surface area contributed by atoms with Crippen molar-refractivity contribution in [3.63, 3.8) is 0 Å². The summed E-state index contributed by atoms with van der Waals surface area (Å²) in [4.78, 5) is 2.34. The van der Waals surface area contributed by atoms with Crippen LogP contribution < -0.4 is 0 Å². The van der Waals surface area contributed by atoms with E-state index in [4.69, 9.17) is 0 Å². The minimum atomic E-state index is -0.130. The summed E-state index contributed by atoms with van der Waals surface area (Å²) in [5.74, 6) is 0. The number of hydrogen-bond acceptors (Lipinski definition) is 3. The van der Waals surface area contributed by atoms with Crippen LogP contribution in [0.15, 0.2) is 36.5 Å². The average molecular weight is 313 g/mol. The highest BCUT2D eigenvalue weighted by atomic mass is 16.3. The van der Waals surface area contributed by atoms with Crippen LogP contribution in [-0.2, 0) is 11.8 Å². The maximum atomic E-state index is 9.57. The van der Waals surface area contributed by atoms with Gasteiger partial charge in [-0.25, -0.2) is 4.68 Å². The molecule has 23 heavy (non-hydrogen) atoms. The Balaban J connectivity index is 1.61. The van der Waals surface area contributed by atoms with Crippen LogP contribution in [0.5, 0.6) is 0 Å². The van der Waals surface area contributed by atoms with Crippen LogP contribution in [0, 0.1) is 0 Å². The van der Waals surface area contributed by atoms with Crippen molar-refractivity contribution in [2.45, 2.75) is 45.1 Å². The molecule has 1 saturated heterocycles. The molecule has 4 heteroatoms. The lowest BCUT2D eigenvalue weighted by atomic mass is 9.93. The van der Waals surface area contributed by atoms with Crippen molar-refractivity contribution in [3.05, 3.63) is 47.8 Å². The number of nitrogens with zero attached hydrogens (tertiary/aromatic N) is 3. The molecule has 2 aromatic rings. The van der Waals surface area contributed by atoms with Gasteiger partial charge in [-0.05, 0) is 36.6 Å². The van der Waals surface area contributed by atoms with E-state index in [-0.39, 0.29) is 11.5 Å². The second kappa shape index (κ2) is 6.46. The molecule has 1 N–H and O–H groups in total. The van der Waals surface area contributed by atoms with Crippen LogP contribution in [0.25, 0.3) is 5.69 Å². The fourth-order valence-corrected chi connectivity index (χ4v) is 2.99. The second-order valence-corrected chi connectivity index (χ2v) is 7.56. The van der Waals surface area contributed by atoms with Gasteiger partial charge < -0.3 is 10.0 Å². The van der Waals surface area contributed by atoms with E-state index in [2.05, 4.69) is 61.1 Å². The van der Waals surface area contributed by atoms with Crippen molar-refractivity contribution in [1.29, 1.82) is 0 Å². The molecule has 0 unspecified atom stereocenters. The van der Waals surface area contributed by atoms with Crippen LogP contribution in [-0.4, -0.2) is 45.5 Å². The summed E-state index contributed by atoms with van der Waals surface area (Å²) < 4.78 is 1.95. The Kier molecular flexibility index (Phi) is 4.55. The van der Waals surface area contributed by atoms with Crippen LogP contribution >= 0.6 is 0 Å². The maximum absolute atomic E-state index is 9.57. The van der Waals surface area contributed by atoms with Gasteiger partial charge in [0.2, 0.25) is 0 Å². The number of aliphatic hydroxyl groups is 1. The summed E-state index contributed by atoms with van der Waals surface area (Å²) in [7, 11) is 0. The highest BCUT2D eigenvalue weighted by Gasteiger charge is 2.19. The van der Waals surface area contributed by atoms with E-state index in [0.29, 0.717) is 0 Å². The number of aromatic nitrogens is 2. The van der Waals surface area contributed by atoms with Gasteiger partial charge in [-0.1, -0.05) is 32.9 Å². The fourth-order valence-electron chi connectivity index (χ4n) is 2.99. The normalized spacial score (nSPS) is 19.4. The van der Waals surface area contributed by atoms with Crippen molar-refractivity contribution >= 4 is 0 Å². The smallest absolute Gasteiger partial charge is 0.0682 e. The summed E-state index contributed by atoms with van der Waals surface area (Å²) >= 11 is 0. The van der Waals surface area contributed by atoms with Crippen LogP contribution in [0.4, 0.5) is 0 Å². The van der Waals surface area contributed by atoms with E-state index < -0.39 is 0 Å². The molecule has 0 saturated carbocycles. The van der Waals surface area contributed by atoms with Gasteiger partial charge in [0, 0.05) is 31.2 Å².